The Morgan fingerprint density at radius 2 is 2.08 bits per heavy atom. The second kappa shape index (κ2) is 4.34. The molecule has 2 heteroatoms. The first kappa shape index (κ1) is 8.53. The molecule has 0 saturated carbocycles. The second-order valence-electron chi connectivity index (χ2n) is 2.27. The first-order valence-corrected chi connectivity index (χ1v) is 3.69. The first-order valence-electron chi connectivity index (χ1n) is 3.69. The summed E-state index contributed by atoms with van der Waals surface area (Å²) in [5, 5.41) is 9.30. The topological polar surface area (TPSA) is 31.5 Å². The Morgan fingerprint density at radius 3 is 2.67 bits per heavy atom. The molecule has 0 aliphatic rings. The second-order valence-corrected chi connectivity index (χ2v) is 2.27. The molecule has 0 aromatic heterocycles. The quantitative estimate of drug-likeness (QED) is 0.374. The van der Waals surface area contributed by atoms with Gasteiger partial charge in [-0.1, -0.05) is 30.9 Å². The van der Waals surface area contributed by atoms with Gasteiger partial charge >= 0.3 is 0 Å². The van der Waals surface area contributed by atoms with Crippen LogP contribution in [0.1, 0.15) is 5.56 Å². The third kappa shape index (κ3) is 2.23. The molecule has 0 amide bonds. The minimum absolute atomic E-state index is 0.0597. The number of hydrogen-bond acceptors (Lipinski definition) is 1. The van der Waals surface area contributed by atoms with Gasteiger partial charge in [-0.15, -0.1) is 5.41 Å². The van der Waals surface area contributed by atoms with Crippen LogP contribution in [0.2, 0.25) is 0 Å². The van der Waals surface area contributed by atoms with Crippen LogP contribution in [0.5, 0.6) is 0 Å². The van der Waals surface area contributed by atoms with E-state index in [1.807, 2.05) is 18.2 Å². The van der Waals surface area contributed by atoms with E-state index in [0.29, 0.717) is 12.2 Å². The molecular formula is C10H10NO. The van der Waals surface area contributed by atoms with Crippen molar-refractivity contribution in [2.75, 3.05) is 6.61 Å². The van der Waals surface area contributed by atoms with E-state index in [1.165, 1.54) is 0 Å². The Labute approximate surface area is 72.0 Å². The van der Waals surface area contributed by atoms with Crippen LogP contribution < -0.4 is 5.41 Å². The summed E-state index contributed by atoms with van der Waals surface area (Å²) in [5.74, 6) is -0.0597. The highest BCUT2D eigenvalue weighted by Gasteiger charge is 1.99. The van der Waals surface area contributed by atoms with Gasteiger partial charge in [-0.05, 0) is 12.1 Å². The molecule has 0 saturated heterocycles. The van der Waals surface area contributed by atoms with Crippen LogP contribution in [0, 0.1) is 0 Å². The summed E-state index contributed by atoms with van der Waals surface area (Å²) in [5.41, 5.74) is 0.680. The largest absolute Gasteiger partial charge is 0.472 e. The van der Waals surface area contributed by atoms with Gasteiger partial charge in [-0.25, -0.2) is 0 Å². The predicted molar refractivity (Wildman–Crippen MR) is 48.8 cm³/mol. The molecule has 1 rings (SSSR count). The monoisotopic (exact) mass is 160 g/mol. The van der Waals surface area contributed by atoms with Crippen molar-refractivity contribution in [3.8, 4) is 0 Å². The summed E-state index contributed by atoms with van der Waals surface area (Å²) in [4.78, 5) is 0. The van der Waals surface area contributed by atoms with Crippen LogP contribution in [-0.2, 0) is 4.74 Å². The Kier molecular flexibility index (Phi) is 3.08. The lowest BCUT2D eigenvalue weighted by molar-refractivity contribution is 0.352. The Morgan fingerprint density at radius 1 is 1.42 bits per heavy atom. The van der Waals surface area contributed by atoms with E-state index >= 15 is 0 Å². The molecule has 1 aromatic rings. The van der Waals surface area contributed by atoms with Gasteiger partial charge < -0.3 is 4.74 Å². The lowest BCUT2D eigenvalue weighted by atomic mass is 10.2. The smallest absolute Gasteiger partial charge is 0.241 e. The molecule has 0 N–H and O–H groups in total. The minimum Gasteiger partial charge on any atom is -0.472 e. The van der Waals surface area contributed by atoms with Gasteiger partial charge in [-0.3, -0.25) is 0 Å². The maximum absolute atomic E-state index is 9.30. The Bertz CT molecular complexity index is 266. The lowest BCUT2D eigenvalue weighted by Gasteiger charge is -2.02. The van der Waals surface area contributed by atoms with Gasteiger partial charge in [0.2, 0.25) is 5.90 Å². The van der Waals surface area contributed by atoms with E-state index in [2.05, 4.69) is 6.58 Å². The van der Waals surface area contributed by atoms with Crippen LogP contribution >= 0.6 is 0 Å². The van der Waals surface area contributed by atoms with Gasteiger partial charge in [0.1, 0.15) is 6.61 Å². The van der Waals surface area contributed by atoms with E-state index in [-0.39, 0.29) is 5.90 Å². The van der Waals surface area contributed by atoms with E-state index < -0.39 is 0 Å². The minimum atomic E-state index is -0.0597. The highest BCUT2D eigenvalue weighted by Crippen LogP contribution is 1.99. The molecule has 0 bridgehead atoms. The zero-order valence-electron chi connectivity index (χ0n) is 6.73. The highest BCUT2D eigenvalue weighted by molar-refractivity contribution is 5.92. The van der Waals surface area contributed by atoms with Crippen molar-refractivity contribution in [3.05, 3.63) is 48.6 Å². The van der Waals surface area contributed by atoms with E-state index in [0.717, 1.165) is 0 Å². The average Bonchev–Trinajstić information content (AvgIpc) is 2.15. The molecule has 0 aliphatic heterocycles. The molecule has 0 unspecified atom stereocenters. The van der Waals surface area contributed by atoms with E-state index in [9.17, 15) is 5.41 Å². The maximum atomic E-state index is 9.30. The van der Waals surface area contributed by atoms with Crippen molar-refractivity contribution < 1.29 is 4.74 Å². The molecule has 0 atom stereocenters. The molecule has 0 spiro atoms. The summed E-state index contributed by atoms with van der Waals surface area (Å²) in [6, 6.07) is 9.10. The summed E-state index contributed by atoms with van der Waals surface area (Å²) in [6.45, 7) is 3.80. The SMILES string of the molecule is C=CCOC(=[N])c1ccccc1. The zero-order chi connectivity index (χ0) is 8.81. The van der Waals surface area contributed by atoms with E-state index in [4.69, 9.17) is 4.74 Å². The average molecular weight is 160 g/mol. The molecule has 0 aliphatic carbocycles. The summed E-state index contributed by atoms with van der Waals surface area (Å²) >= 11 is 0. The van der Waals surface area contributed by atoms with Crippen LogP contribution in [0.4, 0.5) is 0 Å². The predicted octanol–water partition coefficient (Wildman–Crippen LogP) is 1.44. The third-order valence-corrected chi connectivity index (χ3v) is 1.36. The van der Waals surface area contributed by atoms with Crippen molar-refractivity contribution >= 4 is 5.90 Å². The fourth-order valence-corrected chi connectivity index (χ4v) is 0.802. The molecule has 0 heterocycles. The number of rotatable bonds is 3. The number of ether oxygens (including phenoxy) is 1. The molecule has 1 aromatic carbocycles. The number of hydrogen-bond donors (Lipinski definition) is 0. The molecule has 2 nitrogen and oxygen atoms in total. The van der Waals surface area contributed by atoms with Crippen molar-refractivity contribution in [2.45, 2.75) is 0 Å². The molecule has 12 heavy (non-hydrogen) atoms. The van der Waals surface area contributed by atoms with Gasteiger partial charge in [0.05, 0.1) is 0 Å². The standard InChI is InChI=1S/C10H10NO/c1-2-8-12-10(11)9-6-4-3-5-7-9/h2-7H,1,8H2. The number of benzene rings is 1. The van der Waals surface area contributed by atoms with Gasteiger partial charge in [0.15, 0.2) is 0 Å². The van der Waals surface area contributed by atoms with Crippen LogP contribution in [0.15, 0.2) is 43.0 Å². The van der Waals surface area contributed by atoms with Gasteiger partial charge in [0.25, 0.3) is 0 Å². The fraction of sp³-hybridized carbons (Fsp3) is 0.100. The van der Waals surface area contributed by atoms with Crippen molar-refractivity contribution in [1.29, 1.82) is 0 Å². The third-order valence-electron chi connectivity index (χ3n) is 1.36. The summed E-state index contributed by atoms with van der Waals surface area (Å²) in [6.07, 6.45) is 1.58. The highest BCUT2D eigenvalue weighted by atomic mass is 16.5. The fourth-order valence-electron chi connectivity index (χ4n) is 0.802. The van der Waals surface area contributed by atoms with Crippen molar-refractivity contribution in [3.63, 3.8) is 0 Å². The molecule has 1 radical (unpaired) electrons. The van der Waals surface area contributed by atoms with Crippen molar-refractivity contribution in [1.82, 2.24) is 5.41 Å². The lowest BCUT2D eigenvalue weighted by Crippen LogP contribution is -2.07. The summed E-state index contributed by atoms with van der Waals surface area (Å²) in [7, 11) is 0. The van der Waals surface area contributed by atoms with Crippen LogP contribution in [0.25, 0.3) is 0 Å². The Balaban J connectivity index is 2.59. The number of nitrogens with zero attached hydrogens (tertiary/aromatic N) is 1. The first-order chi connectivity index (χ1) is 5.84. The van der Waals surface area contributed by atoms with Crippen LogP contribution in [0.3, 0.4) is 0 Å². The Hall–Kier alpha value is -1.57. The molecule has 61 valence electrons. The van der Waals surface area contributed by atoms with Crippen molar-refractivity contribution in [2.24, 2.45) is 0 Å². The van der Waals surface area contributed by atoms with Crippen LogP contribution in [-0.4, -0.2) is 12.5 Å². The maximum Gasteiger partial charge on any atom is 0.241 e. The van der Waals surface area contributed by atoms with Gasteiger partial charge in [0, 0.05) is 5.56 Å². The molecular weight excluding hydrogens is 150 g/mol. The molecule has 0 fully saturated rings. The normalized spacial score (nSPS) is 9.00. The summed E-state index contributed by atoms with van der Waals surface area (Å²) < 4.78 is 4.93. The van der Waals surface area contributed by atoms with E-state index in [1.54, 1.807) is 18.2 Å². The van der Waals surface area contributed by atoms with Gasteiger partial charge in [-0.2, -0.15) is 0 Å². The zero-order valence-corrected chi connectivity index (χ0v) is 6.73.